The summed E-state index contributed by atoms with van der Waals surface area (Å²) in [5.41, 5.74) is 5.19. The summed E-state index contributed by atoms with van der Waals surface area (Å²) >= 11 is 0. The molecule has 0 fully saturated rings. The first-order valence-electron chi connectivity index (χ1n) is 5.61. The Kier molecular flexibility index (Phi) is 2.42. The average molecular weight is 208 g/mol. The van der Waals surface area contributed by atoms with Gasteiger partial charge in [0.1, 0.15) is 7.85 Å². The quantitative estimate of drug-likeness (QED) is 0.563. The number of hydrogen-bond acceptors (Lipinski definition) is 0. The van der Waals surface area contributed by atoms with Gasteiger partial charge in [0.15, 0.2) is 0 Å². The van der Waals surface area contributed by atoms with Gasteiger partial charge in [0.05, 0.1) is 0 Å². The van der Waals surface area contributed by atoms with E-state index in [-0.39, 0.29) is 0 Å². The van der Waals surface area contributed by atoms with Crippen molar-refractivity contribution in [3.05, 3.63) is 39.3 Å². The Balaban J connectivity index is 3.25. The molecule has 0 aliphatic heterocycles. The average Bonchev–Trinajstić information content (AvgIpc) is 2.20. The van der Waals surface area contributed by atoms with E-state index in [0.29, 0.717) is 0 Å². The van der Waals surface area contributed by atoms with Gasteiger partial charge in [-0.3, -0.25) is 0 Å². The fourth-order valence-corrected chi connectivity index (χ4v) is 2.50. The molecule has 0 amide bonds. The van der Waals surface area contributed by atoms with Gasteiger partial charge in [-0.05, 0) is 58.7 Å². The van der Waals surface area contributed by atoms with Crippen molar-refractivity contribution >= 4 is 37.2 Å². The van der Waals surface area contributed by atoms with Gasteiger partial charge in [-0.1, -0.05) is 30.8 Å². The Labute approximate surface area is 97.7 Å². The molecule has 0 heterocycles. The van der Waals surface area contributed by atoms with Crippen molar-refractivity contribution in [3.8, 4) is 0 Å². The number of benzene rings is 2. The molecule has 0 bridgehead atoms. The molecule has 0 N–H and O–H groups in total. The van der Waals surface area contributed by atoms with Crippen LogP contribution in [0.5, 0.6) is 0 Å². The van der Waals surface area contributed by atoms with Gasteiger partial charge in [0, 0.05) is 0 Å². The number of hydrogen-bond donors (Lipinski definition) is 0. The molecular weight excluding hydrogens is 191 g/mol. The van der Waals surface area contributed by atoms with E-state index in [1.165, 1.54) is 32.9 Å². The van der Waals surface area contributed by atoms with Gasteiger partial charge < -0.3 is 0 Å². The zero-order valence-corrected chi connectivity index (χ0v) is 10.6. The van der Waals surface area contributed by atoms with E-state index in [1.54, 1.807) is 0 Å². The lowest BCUT2D eigenvalue weighted by Crippen LogP contribution is -2.22. The van der Waals surface area contributed by atoms with Gasteiger partial charge in [0.2, 0.25) is 0 Å². The highest BCUT2D eigenvalue weighted by atomic mass is 14.1. The molecule has 1 heteroatoms. The first kappa shape index (κ1) is 11.0. The molecule has 0 aliphatic rings. The van der Waals surface area contributed by atoms with Crippen LogP contribution in [-0.2, 0) is 0 Å². The van der Waals surface area contributed by atoms with E-state index in [2.05, 4.69) is 53.9 Å². The molecule has 0 radical (unpaired) electrons. The summed E-state index contributed by atoms with van der Waals surface area (Å²) in [6, 6.07) is 4.38. The number of aryl methyl sites for hydroxylation is 3. The van der Waals surface area contributed by atoms with E-state index in [9.17, 15) is 0 Å². The van der Waals surface area contributed by atoms with Crippen molar-refractivity contribution in [2.45, 2.75) is 20.8 Å². The minimum absolute atomic E-state index is 1.12. The molecule has 2 rings (SSSR count). The van der Waals surface area contributed by atoms with Gasteiger partial charge in [-0.25, -0.2) is 0 Å². The highest BCUT2D eigenvalue weighted by molar-refractivity contribution is 6.39. The molecule has 0 atom stereocenters. The first-order valence-corrected chi connectivity index (χ1v) is 5.61. The van der Waals surface area contributed by atoms with Crippen LogP contribution in [0.25, 0.3) is 23.9 Å². The van der Waals surface area contributed by atoms with Crippen molar-refractivity contribution in [1.82, 2.24) is 0 Å². The van der Waals surface area contributed by atoms with Gasteiger partial charge in [-0.2, -0.15) is 0 Å². The van der Waals surface area contributed by atoms with Crippen molar-refractivity contribution in [2.24, 2.45) is 0 Å². The molecule has 0 spiro atoms. The lowest BCUT2D eigenvalue weighted by atomic mass is 9.84. The summed E-state index contributed by atoms with van der Waals surface area (Å²) in [7, 11) is 2.16. The van der Waals surface area contributed by atoms with Crippen LogP contribution in [0.4, 0.5) is 0 Å². The lowest BCUT2D eigenvalue weighted by molar-refractivity contribution is 1.36. The molecule has 0 saturated carbocycles. The second-order valence-corrected chi connectivity index (χ2v) is 4.72. The largest absolute Gasteiger partial charge is 0.140 e. The van der Waals surface area contributed by atoms with Crippen molar-refractivity contribution < 1.29 is 0 Å². The van der Waals surface area contributed by atoms with Gasteiger partial charge in [-0.15, -0.1) is 0 Å². The Morgan fingerprint density at radius 1 is 0.938 bits per heavy atom. The van der Waals surface area contributed by atoms with Crippen molar-refractivity contribution in [1.29, 1.82) is 0 Å². The zero-order valence-electron chi connectivity index (χ0n) is 10.6. The fourth-order valence-electron chi connectivity index (χ4n) is 2.50. The van der Waals surface area contributed by atoms with Crippen LogP contribution in [0, 0.1) is 20.8 Å². The maximum absolute atomic E-state index is 4.19. The van der Waals surface area contributed by atoms with E-state index in [0.717, 1.165) is 10.4 Å². The number of fused-ring (bicyclic) bond motifs is 1. The summed E-state index contributed by atoms with van der Waals surface area (Å²) in [6.45, 7) is 14.8. The third-order valence-electron chi connectivity index (χ3n) is 3.53. The predicted octanol–water partition coefficient (Wildman–Crippen LogP) is 0.844. The molecule has 0 aliphatic carbocycles. The third kappa shape index (κ3) is 1.39. The van der Waals surface area contributed by atoms with E-state index in [4.69, 9.17) is 0 Å². The summed E-state index contributed by atoms with van der Waals surface area (Å²) in [5.74, 6) is 0. The number of rotatable bonds is 0. The van der Waals surface area contributed by atoms with Crippen LogP contribution in [-0.4, -0.2) is 7.85 Å². The van der Waals surface area contributed by atoms with Crippen molar-refractivity contribution in [2.75, 3.05) is 0 Å². The Bertz CT molecular complexity index is 681. The second-order valence-electron chi connectivity index (χ2n) is 4.72. The standard InChI is InChI=1S/C15H17B/c1-8-6-10(3)14-11(4)9(2)7-13(16)15(14)12(8)5/h6-7H,3,5,16H2,1-2,4H3. The summed E-state index contributed by atoms with van der Waals surface area (Å²) in [4.78, 5) is 0. The van der Waals surface area contributed by atoms with Gasteiger partial charge in [0.25, 0.3) is 0 Å². The maximum atomic E-state index is 4.19. The van der Waals surface area contributed by atoms with Crippen LogP contribution < -0.4 is 15.9 Å². The minimum atomic E-state index is 1.12. The summed E-state index contributed by atoms with van der Waals surface area (Å²) in [6.07, 6.45) is 0. The molecule has 16 heavy (non-hydrogen) atoms. The van der Waals surface area contributed by atoms with Crippen molar-refractivity contribution in [3.63, 3.8) is 0 Å². The Hall–Kier alpha value is -1.50. The molecule has 0 unspecified atom stereocenters. The van der Waals surface area contributed by atoms with Crippen LogP contribution in [0.2, 0.25) is 0 Å². The first-order chi connectivity index (χ1) is 7.43. The molecule has 2 aromatic carbocycles. The molecule has 0 nitrogen and oxygen atoms in total. The van der Waals surface area contributed by atoms with E-state index in [1.807, 2.05) is 0 Å². The van der Waals surface area contributed by atoms with Crippen LogP contribution in [0.15, 0.2) is 12.1 Å². The highest BCUT2D eigenvalue weighted by Crippen LogP contribution is 2.14. The predicted molar refractivity (Wildman–Crippen MR) is 76.6 cm³/mol. The Morgan fingerprint density at radius 3 is 2.19 bits per heavy atom. The van der Waals surface area contributed by atoms with E-state index >= 15 is 0 Å². The Morgan fingerprint density at radius 2 is 1.56 bits per heavy atom. The molecular formula is C15H17B. The second kappa shape index (κ2) is 3.52. The van der Waals surface area contributed by atoms with Crippen LogP contribution >= 0.6 is 0 Å². The maximum Gasteiger partial charge on any atom is 0.140 e. The molecule has 0 aromatic heterocycles. The summed E-state index contributed by atoms with van der Waals surface area (Å²) < 4.78 is 0. The summed E-state index contributed by atoms with van der Waals surface area (Å²) in [5, 5.41) is 4.83. The molecule has 80 valence electrons. The van der Waals surface area contributed by atoms with Crippen LogP contribution in [0.1, 0.15) is 16.7 Å². The molecule has 2 aromatic rings. The monoisotopic (exact) mass is 208 g/mol. The highest BCUT2D eigenvalue weighted by Gasteiger charge is 2.06. The SMILES string of the molecule is Bc1cc(C)c(C)c2c(=C)cc(C)c(=C)c12. The fraction of sp³-hybridized carbons (Fsp3) is 0.200. The molecule has 0 saturated heterocycles. The van der Waals surface area contributed by atoms with E-state index < -0.39 is 0 Å². The minimum Gasteiger partial charge on any atom is -0.0911 e. The zero-order chi connectivity index (χ0) is 12.0. The van der Waals surface area contributed by atoms with Gasteiger partial charge >= 0.3 is 0 Å². The smallest absolute Gasteiger partial charge is 0.0911 e. The normalized spacial score (nSPS) is 10.9. The third-order valence-corrected chi connectivity index (χ3v) is 3.53. The topological polar surface area (TPSA) is 0 Å². The lowest BCUT2D eigenvalue weighted by Gasteiger charge is -2.12. The van der Waals surface area contributed by atoms with Crippen LogP contribution in [0.3, 0.4) is 0 Å².